The number of nitrogens with one attached hydrogen (secondary N) is 2. The van der Waals surface area contributed by atoms with Crippen molar-refractivity contribution in [3.63, 3.8) is 0 Å². The van der Waals surface area contributed by atoms with Gasteiger partial charge in [-0.3, -0.25) is 9.69 Å². The number of carbonyl (C=O) groups excluding carboxylic acids is 2. The Morgan fingerprint density at radius 1 is 1.20 bits per heavy atom. The maximum atomic E-state index is 12.8. The number of urea groups is 1. The van der Waals surface area contributed by atoms with Crippen LogP contribution in [0.2, 0.25) is 0 Å². The Kier molecular flexibility index (Phi) is 5.49. The van der Waals surface area contributed by atoms with E-state index in [-0.39, 0.29) is 30.8 Å². The van der Waals surface area contributed by atoms with Crippen LogP contribution in [0, 0.1) is 5.82 Å². The van der Waals surface area contributed by atoms with E-state index < -0.39 is 0 Å². The van der Waals surface area contributed by atoms with Crippen molar-refractivity contribution in [2.45, 2.75) is 11.6 Å². The summed E-state index contributed by atoms with van der Waals surface area (Å²) in [6.45, 7) is 0.716. The van der Waals surface area contributed by atoms with Gasteiger partial charge >= 0.3 is 6.03 Å². The molecule has 0 saturated carbocycles. The van der Waals surface area contributed by atoms with Crippen LogP contribution < -0.4 is 15.5 Å². The van der Waals surface area contributed by atoms with Crippen LogP contribution in [0.5, 0.6) is 0 Å². The number of hydrogen-bond acceptors (Lipinski definition) is 4. The van der Waals surface area contributed by atoms with Gasteiger partial charge in [0.15, 0.2) is 0 Å². The van der Waals surface area contributed by atoms with Crippen molar-refractivity contribution in [2.75, 3.05) is 23.7 Å². The van der Waals surface area contributed by atoms with E-state index in [0.717, 1.165) is 22.0 Å². The molecule has 130 valence electrons. The summed E-state index contributed by atoms with van der Waals surface area (Å²) in [5.74, 6) is 0.126. The van der Waals surface area contributed by atoms with Gasteiger partial charge < -0.3 is 10.6 Å². The second-order valence-corrected chi connectivity index (χ2v) is 6.47. The number of amides is 3. The summed E-state index contributed by atoms with van der Waals surface area (Å²) in [6, 6.07) is 9.16. The van der Waals surface area contributed by atoms with E-state index in [0.29, 0.717) is 6.54 Å². The van der Waals surface area contributed by atoms with Crippen LogP contribution in [0.15, 0.2) is 47.6 Å². The minimum Gasteiger partial charge on any atom is -0.350 e. The van der Waals surface area contributed by atoms with Crippen LogP contribution in [0.3, 0.4) is 0 Å². The van der Waals surface area contributed by atoms with Crippen LogP contribution in [0.4, 0.5) is 14.9 Å². The number of aromatic nitrogens is 1. The highest BCUT2D eigenvalue weighted by molar-refractivity contribution is 7.99. The van der Waals surface area contributed by atoms with Crippen LogP contribution in [-0.2, 0) is 11.3 Å². The molecule has 1 aromatic heterocycles. The second kappa shape index (κ2) is 7.98. The number of anilines is 1. The zero-order chi connectivity index (χ0) is 17.6. The fourth-order valence-electron chi connectivity index (χ4n) is 2.38. The third-order valence-electron chi connectivity index (χ3n) is 3.64. The molecule has 25 heavy (non-hydrogen) atoms. The van der Waals surface area contributed by atoms with E-state index in [2.05, 4.69) is 15.6 Å². The fourth-order valence-corrected chi connectivity index (χ4v) is 3.31. The molecule has 1 aliphatic rings. The van der Waals surface area contributed by atoms with Crippen LogP contribution in [0.1, 0.15) is 5.56 Å². The molecule has 6 nitrogen and oxygen atoms in total. The molecule has 3 rings (SSSR count). The minimum atomic E-state index is -0.327. The fraction of sp³-hybridized carbons (Fsp3) is 0.235. The lowest BCUT2D eigenvalue weighted by molar-refractivity contribution is -0.120. The molecule has 2 aromatic rings. The molecule has 0 spiro atoms. The monoisotopic (exact) mass is 360 g/mol. The maximum Gasteiger partial charge on any atom is 0.322 e. The molecular formula is C17H17FN4O2S. The van der Waals surface area contributed by atoms with Crippen molar-refractivity contribution in [1.29, 1.82) is 0 Å². The Balaban J connectivity index is 1.49. The topological polar surface area (TPSA) is 74.3 Å². The van der Waals surface area contributed by atoms with Crippen molar-refractivity contribution in [2.24, 2.45) is 0 Å². The molecule has 1 aliphatic heterocycles. The molecule has 0 unspecified atom stereocenters. The molecule has 0 aliphatic carbocycles. The summed E-state index contributed by atoms with van der Waals surface area (Å²) < 4.78 is 12.8. The predicted molar refractivity (Wildman–Crippen MR) is 94.0 cm³/mol. The van der Waals surface area contributed by atoms with Crippen molar-refractivity contribution < 1.29 is 14.0 Å². The van der Waals surface area contributed by atoms with Gasteiger partial charge in [0.2, 0.25) is 5.91 Å². The van der Waals surface area contributed by atoms with Gasteiger partial charge in [-0.2, -0.15) is 0 Å². The highest BCUT2D eigenvalue weighted by Gasteiger charge is 2.23. The quantitative estimate of drug-likeness (QED) is 0.876. The smallest absolute Gasteiger partial charge is 0.322 e. The molecule has 3 amide bonds. The highest BCUT2D eigenvalue weighted by Crippen LogP contribution is 2.32. The number of rotatable bonds is 4. The second-order valence-electron chi connectivity index (χ2n) is 5.39. The van der Waals surface area contributed by atoms with Gasteiger partial charge in [0.05, 0.1) is 12.2 Å². The van der Waals surface area contributed by atoms with E-state index in [1.54, 1.807) is 41.1 Å². The molecule has 1 aromatic carbocycles. The summed E-state index contributed by atoms with van der Waals surface area (Å²) >= 11 is 1.60. The van der Waals surface area contributed by atoms with Gasteiger partial charge in [-0.15, -0.1) is 11.8 Å². The van der Waals surface area contributed by atoms with Crippen molar-refractivity contribution in [1.82, 2.24) is 15.6 Å². The predicted octanol–water partition coefficient (Wildman–Crippen LogP) is 2.16. The van der Waals surface area contributed by atoms with E-state index >= 15 is 0 Å². The first-order chi connectivity index (χ1) is 12.1. The maximum absolute atomic E-state index is 12.8. The minimum absolute atomic E-state index is 0.126. The third-order valence-corrected chi connectivity index (χ3v) is 4.62. The van der Waals surface area contributed by atoms with E-state index in [4.69, 9.17) is 0 Å². The number of fused-ring (bicyclic) bond motifs is 1. The molecule has 0 saturated heterocycles. The summed E-state index contributed by atoms with van der Waals surface area (Å²) in [4.78, 5) is 30.1. The average molecular weight is 360 g/mol. The highest BCUT2D eigenvalue weighted by atomic mass is 32.2. The molecule has 0 atom stereocenters. The lowest BCUT2D eigenvalue weighted by atomic mass is 10.2. The average Bonchev–Trinajstić information content (AvgIpc) is 2.65. The van der Waals surface area contributed by atoms with Crippen LogP contribution >= 0.6 is 11.8 Å². The summed E-state index contributed by atoms with van der Waals surface area (Å²) in [5, 5.41) is 6.11. The molecule has 2 heterocycles. The third kappa shape index (κ3) is 4.48. The zero-order valence-corrected chi connectivity index (χ0v) is 14.2. The molecule has 2 N–H and O–H groups in total. The molecule has 0 radical (unpaired) electrons. The first-order valence-electron chi connectivity index (χ1n) is 7.78. The number of pyridine rings is 1. The summed E-state index contributed by atoms with van der Waals surface area (Å²) in [6.07, 6.45) is 1.69. The summed E-state index contributed by atoms with van der Waals surface area (Å²) in [5.41, 5.74) is 1.54. The Labute approximate surface area is 148 Å². The van der Waals surface area contributed by atoms with E-state index in [1.807, 2.05) is 6.07 Å². The van der Waals surface area contributed by atoms with E-state index in [9.17, 15) is 14.0 Å². The Hall–Kier alpha value is -2.61. The summed E-state index contributed by atoms with van der Waals surface area (Å²) in [7, 11) is 0. The van der Waals surface area contributed by atoms with E-state index in [1.165, 1.54) is 12.1 Å². The number of benzene rings is 1. The number of halogens is 1. The molecule has 0 fully saturated rings. The molecular weight excluding hydrogens is 343 g/mol. The Morgan fingerprint density at radius 2 is 2.00 bits per heavy atom. The van der Waals surface area contributed by atoms with Gasteiger partial charge in [-0.05, 0) is 29.8 Å². The number of hydrogen-bond donors (Lipinski definition) is 2. The first-order valence-corrected chi connectivity index (χ1v) is 8.76. The van der Waals surface area contributed by atoms with Crippen LogP contribution in [0.25, 0.3) is 0 Å². The van der Waals surface area contributed by atoms with Gasteiger partial charge in [-0.1, -0.05) is 12.1 Å². The Bertz CT molecular complexity index is 769. The van der Waals surface area contributed by atoms with Crippen LogP contribution in [-0.4, -0.2) is 35.8 Å². The number of nitrogens with zero attached hydrogens (tertiary/aromatic N) is 2. The van der Waals surface area contributed by atoms with Gasteiger partial charge in [0, 0.05) is 25.0 Å². The largest absolute Gasteiger partial charge is 0.350 e. The molecule has 0 bridgehead atoms. The first kappa shape index (κ1) is 17.2. The van der Waals surface area contributed by atoms with Crippen molar-refractivity contribution >= 4 is 29.4 Å². The standard InChI is InChI=1S/C17H17FN4O2S/c18-13-5-3-12(4-6-13)10-20-15(23)11-21-17(24)22-8-9-25-16-14(22)2-1-7-19-16/h1-7H,8-11H2,(H,20,23)(H,21,24). The lowest BCUT2D eigenvalue weighted by Gasteiger charge is -2.28. The number of carbonyl (C=O) groups is 2. The zero-order valence-electron chi connectivity index (χ0n) is 13.4. The van der Waals surface area contributed by atoms with Gasteiger partial charge in [0.25, 0.3) is 0 Å². The van der Waals surface area contributed by atoms with Crippen molar-refractivity contribution in [3.8, 4) is 0 Å². The lowest BCUT2D eigenvalue weighted by Crippen LogP contribution is -2.46. The van der Waals surface area contributed by atoms with Crippen molar-refractivity contribution in [3.05, 3.63) is 54.0 Å². The molecule has 8 heteroatoms. The van der Waals surface area contributed by atoms with Gasteiger partial charge in [0.1, 0.15) is 10.8 Å². The van der Waals surface area contributed by atoms with Gasteiger partial charge in [-0.25, -0.2) is 14.2 Å². The Morgan fingerprint density at radius 3 is 2.80 bits per heavy atom. The SMILES string of the molecule is O=C(CNC(=O)N1CCSc2ncccc21)NCc1ccc(F)cc1. The number of thioether (sulfide) groups is 1. The normalized spacial score (nSPS) is 13.1.